The second-order valence-electron chi connectivity index (χ2n) is 5.12. The van der Waals surface area contributed by atoms with Gasteiger partial charge in [0.2, 0.25) is 0 Å². The highest BCUT2D eigenvalue weighted by atomic mass is 16.5. The SMILES string of the molecule is Cn1cc(C(=O)N2CCC(N3CCOCC3)C2)nn1. The molecule has 1 aromatic rings. The fourth-order valence-corrected chi connectivity index (χ4v) is 2.77. The molecule has 7 nitrogen and oxygen atoms in total. The van der Waals surface area contributed by atoms with Crippen LogP contribution in [0.25, 0.3) is 0 Å². The van der Waals surface area contributed by atoms with Crippen LogP contribution in [0.2, 0.25) is 0 Å². The number of nitrogens with zero attached hydrogens (tertiary/aromatic N) is 5. The van der Waals surface area contributed by atoms with E-state index in [0.717, 1.165) is 45.8 Å². The zero-order valence-corrected chi connectivity index (χ0v) is 11.2. The average molecular weight is 265 g/mol. The van der Waals surface area contributed by atoms with Crippen LogP contribution in [0.5, 0.6) is 0 Å². The van der Waals surface area contributed by atoms with Gasteiger partial charge in [-0.3, -0.25) is 14.4 Å². The van der Waals surface area contributed by atoms with Gasteiger partial charge in [0, 0.05) is 39.3 Å². The number of carbonyl (C=O) groups excluding carboxylic acids is 1. The highest BCUT2D eigenvalue weighted by Gasteiger charge is 2.32. The van der Waals surface area contributed by atoms with Gasteiger partial charge in [-0.15, -0.1) is 5.10 Å². The van der Waals surface area contributed by atoms with Gasteiger partial charge in [0.05, 0.1) is 19.4 Å². The lowest BCUT2D eigenvalue weighted by Gasteiger charge is -2.31. The summed E-state index contributed by atoms with van der Waals surface area (Å²) in [5, 5.41) is 7.70. The van der Waals surface area contributed by atoms with E-state index in [-0.39, 0.29) is 5.91 Å². The lowest BCUT2D eigenvalue weighted by atomic mass is 10.2. The first-order valence-corrected chi connectivity index (χ1v) is 6.71. The number of carbonyl (C=O) groups is 1. The number of ether oxygens (including phenoxy) is 1. The molecule has 1 aromatic heterocycles. The molecular weight excluding hydrogens is 246 g/mol. The Morgan fingerprint density at radius 2 is 2.16 bits per heavy atom. The van der Waals surface area contributed by atoms with Crippen molar-refractivity contribution < 1.29 is 9.53 Å². The van der Waals surface area contributed by atoms with E-state index < -0.39 is 0 Å². The molecule has 3 rings (SSSR count). The largest absolute Gasteiger partial charge is 0.379 e. The van der Waals surface area contributed by atoms with Crippen molar-refractivity contribution in [3.63, 3.8) is 0 Å². The van der Waals surface area contributed by atoms with E-state index in [1.54, 1.807) is 17.9 Å². The molecular formula is C12H19N5O2. The number of hydrogen-bond donors (Lipinski definition) is 0. The quantitative estimate of drug-likeness (QED) is 0.712. The van der Waals surface area contributed by atoms with Gasteiger partial charge in [0.1, 0.15) is 0 Å². The Hall–Kier alpha value is -1.47. The predicted octanol–water partition coefficient (Wildman–Crippen LogP) is -0.638. The van der Waals surface area contributed by atoms with Crippen LogP contribution in [0.4, 0.5) is 0 Å². The van der Waals surface area contributed by atoms with Gasteiger partial charge in [-0.2, -0.15) is 0 Å². The summed E-state index contributed by atoms with van der Waals surface area (Å²) in [5.74, 6) is -0.0103. The summed E-state index contributed by atoms with van der Waals surface area (Å²) < 4.78 is 6.92. The topological polar surface area (TPSA) is 63.5 Å². The normalized spacial score (nSPS) is 24.9. The molecule has 2 aliphatic heterocycles. The van der Waals surface area contributed by atoms with E-state index in [1.165, 1.54) is 0 Å². The Morgan fingerprint density at radius 3 is 2.84 bits per heavy atom. The fraction of sp³-hybridized carbons (Fsp3) is 0.750. The maximum absolute atomic E-state index is 12.3. The van der Waals surface area contributed by atoms with E-state index in [0.29, 0.717) is 11.7 Å². The Morgan fingerprint density at radius 1 is 1.37 bits per heavy atom. The summed E-state index contributed by atoms with van der Waals surface area (Å²) in [4.78, 5) is 16.6. The van der Waals surface area contributed by atoms with Gasteiger partial charge < -0.3 is 9.64 Å². The number of aryl methyl sites for hydroxylation is 1. The van der Waals surface area contributed by atoms with Crippen molar-refractivity contribution >= 4 is 5.91 Å². The molecule has 0 spiro atoms. The van der Waals surface area contributed by atoms with Gasteiger partial charge in [-0.25, -0.2) is 0 Å². The minimum atomic E-state index is -0.0103. The summed E-state index contributed by atoms with van der Waals surface area (Å²) in [6, 6.07) is 0.463. The highest BCUT2D eigenvalue weighted by Crippen LogP contribution is 2.18. The zero-order valence-electron chi connectivity index (χ0n) is 11.2. The maximum Gasteiger partial charge on any atom is 0.276 e. The van der Waals surface area contributed by atoms with Crippen LogP contribution in [0.1, 0.15) is 16.9 Å². The minimum absolute atomic E-state index is 0.0103. The molecule has 0 saturated carbocycles. The van der Waals surface area contributed by atoms with Crippen LogP contribution in [0, 0.1) is 0 Å². The molecule has 0 bridgehead atoms. The summed E-state index contributed by atoms with van der Waals surface area (Å²) in [5.41, 5.74) is 0.435. The number of aromatic nitrogens is 3. The molecule has 3 heterocycles. The lowest BCUT2D eigenvalue weighted by Crippen LogP contribution is -2.45. The van der Waals surface area contributed by atoms with Crippen LogP contribution in [-0.2, 0) is 11.8 Å². The molecule has 2 fully saturated rings. The van der Waals surface area contributed by atoms with Gasteiger partial charge in [0.25, 0.3) is 5.91 Å². The first-order valence-electron chi connectivity index (χ1n) is 6.71. The van der Waals surface area contributed by atoms with Crippen LogP contribution >= 0.6 is 0 Å². The molecule has 19 heavy (non-hydrogen) atoms. The molecule has 0 aliphatic carbocycles. The number of amides is 1. The molecule has 1 atom stereocenters. The van der Waals surface area contributed by atoms with Crippen molar-refractivity contribution in [2.24, 2.45) is 7.05 Å². The monoisotopic (exact) mass is 265 g/mol. The third-order valence-electron chi connectivity index (χ3n) is 3.83. The second kappa shape index (κ2) is 5.26. The Kier molecular flexibility index (Phi) is 3.48. The van der Waals surface area contributed by atoms with Crippen LogP contribution in [0.15, 0.2) is 6.20 Å². The third kappa shape index (κ3) is 2.62. The smallest absolute Gasteiger partial charge is 0.276 e. The fourth-order valence-electron chi connectivity index (χ4n) is 2.77. The first kappa shape index (κ1) is 12.6. The number of likely N-dealkylation sites (tertiary alicyclic amines) is 1. The molecule has 2 aliphatic rings. The summed E-state index contributed by atoms with van der Waals surface area (Å²) >= 11 is 0. The Bertz CT molecular complexity index is 455. The molecule has 1 unspecified atom stereocenters. The lowest BCUT2D eigenvalue weighted by molar-refractivity contribution is 0.0185. The van der Waals surface area contributed by atoms with Gasteiger partial charge in [0.15, 0.2) is 5.69 Å². The Labute approximate surface area is 112 Å². The Balaban J connectivity index is 1.60. The average Bonchev–Trinajstić information content (AvgIpc) is 3.08. The highest BCUT2D eigenvalue weighted by molar-refractivity contribution is 5.92. The molecule has 1 amide bonds. The van der Waals surface area contributed by atoms with Crippen LogP contribution in [0.3, 0.4) is 0 Å². The van der Waals surface area contributed by atoms with Gasteiger partial charge in [-0.1, -0.05) is 5.21 Å². The summed E-state index contributed by atoms with van der Waals surface area (Å²) in [7, 11) is 1.77. The van der Waals surface area contributed by atoms with E-state index >= 15 is 0 Å². The second-order valence-corrected chi connectivity index (χ2v) is 5.12. The molecule has 0 radical (unpaired) electrons. The summed E-state index contributed by atoms with van der Waals surface area (Å²) in [6.07, 6.45) is 2.70. The van der Waals surface area contributed by atoms with Crippen LogP contribution in [-0.4, -0.2) is 76.1 Å². The molecule has 104 valence electrons. The number of rotatable bonds is 2. The predicted molar refractivity (Wildman–Crippen MR) is 67.7 cm³/mol. The standard InChI is InChI=1S/C12H19N5O2/c1-15-9-11(13-14-15)12(18)17-3-2-10(8-17)16-4-6-19-7-5-16/h9-10H,2-8H2,1H3. The van der Waals surface area contributed by atoms with E-state index in [1.807, 2.05) is 4.90 Å². The first-order chi connectivity index (χ1) is 9.24. The van der Waals surface area contributed by atoms with Crippen molar-refractivity contribution in [1.82, 2.24) is 24.8 Å². The molecule has 0 aromatic carbocycles. The zero-order chi connectivity index (χ0) is 13.2. The molecule has 2 saturated heterocycles. The van der Waals surface area contributed by atoms with Crippen molar-refractivity contribution in [1.29, 1.82) is 0 Å². The van der Waals surface area contributed by atoms with Crippen molar-refractivity contribution in [3.05, 3.63) is 11.9 Å². The van der Waals surface area contributed by atoms with Crippen molar-refractivity contribution in [2.75, 3.05) is 39.4 Å². The number of hydrogen-bond acceptors (Lipinski definition) is 5. The van der Waals surface area contributed by atoms with Crippen molar-refractivity contribution in [2.45, 2.75) is 12.5 Å². The van der Waals surface area contributed by atoms with E-state index in [9.17, 15) is 4.79 Å². The van der Waals surface area contributed by atoms with Crippen molar-refractivity contribution in [3.8, 4) is 0 Å². The van der Waals surface area contributed by atoms with Crippen LogP contribution < -0.4 is 0 Å². The third-order valence-corrected chi connectivity index (χ3v) is 3.83. The maximum atomic E-state index is 12.3. The minimum Gasteiger partial charge on any atom is -0.379 e. The van der Waals surface area contributed by atoms with Gasteiger partial charge >= 0.3 is 0 Å². The van der Waals surface area contributed by atoms with E-state index in [2.05, 4.69) is 15.2 Å². The molecule has 0 N–H and O–H groups in total. The van der Waals surface area contributed by atoms with E-state index in [4.69, 9.17) is 4.74 Å². The molecule has 7 heteroatoms. The van der Waals surface area contributed by atoms with Gasteiger partial charge in [-0.05, 0) is 6.42 Å². The number of morpholine rings is 1. The summed E-state index contributed by atoms with van der Waals surface area (Å²) in [6.45, 7) is 5.13.